The van der Waals surface area contributed by atoms with E-state index in [1.807, 2.05) is 41.2 Å². The number of benzene rings is 1. The molecule has 0 bridgehead atoms. The summed E-state index contributed by atoms with van der Waals surface area (Å²) in [7, 11) is -2.25. The Morgan fingerprint density at radius 2 is 1.78 bits per heavy atom. The number of rotatable bonds is 4. The maximum atomic E-state index is 12.7. The fourth-order valence-corrected chi connectivity index (χ4v) is 4.22. The van der Waals surface area contributed by atoms with Crippen molar-refractivity contribution in [1.29, 1.82) is 0 Å². The largest absolute Gasteiger partial charge is 0.322 e. The molecule has 6 nitrogen and oxygen atoms in total. The Hall–Kier alpha value is -2.25. The van der Waals surface area contributed by atoms with Crippen molar-refractivity contribution in [2.24, 2.45) is 7.05 Å². The molecule has 3 rings (SSSR count). The summed E-state index contributed by atoms with van der Waals surface area (Å²) in [5.41, 5.74) is 1.53. The van der Waals surface area contributed by atoms with Crippen LogP contribution in [0, 0.1) is 6.92 Å². The molecular formula is C15H15ClN4O2S. The third kappa shape index (κ3) is 2.85. The molecule has 1 aromatic carbocycles. The zero-order valence-corrected chi connectivity index (χ0v) is 14.1. The molecule has 0 aliphatic heterocycles. The lowest BCUT2D eigenvalue weighted by molar-refractivity contribution is 0.600. The van der Waals surface area contributed by atoms with E-state index in [2.05, 4.69) is 9.82 Å². The first kappa shape index (κ1) is 15.6. The molecule has 0 radical (unpaired) electrons. The lowest BCUT2D eigenvalue weighted by Gasteiger charge is -2.13. The molecule has 2 heterocycles. The maximum absolute atomic E-state index is 12.7. The lowest BCUT2D eigenvalue weighted by atomic mass is 10.3. The molecule has 0 aliphatic carbocycles. The first-order chi connectivity index (χ1) is 10.9. The second-order valence-electron chi connectivity index (χ2n) is 5.04. The minimum Gasteiger partial charge on any atom is -0.322 e. The third-order valence-electron chi connectivity index (χ3n) is 3.40. The monoisotopic (exact) mass is 350 g/mol. The van der Waals surface area contributed by atoms with Gasteiger partial charge in [-0.1, -0.05) is 23.7 Å². The number of aromatic nitrogens is 3. The van der Waals surface area contributed by atoms with Crippen LogP contribution in [-0.2, 0) is 17.1 Å². The van der Waals surface area contributed by atoms with Gasteiger partial charge in [0.1, 0.15) is 10.0 Å². The highest BCUT2D eigenvalue weighted by Gasteiger charge is 2.26. The van der Waals surface area contributed by atoms with Gasteiger partial charge in [0.25, 0.3) is 10.0 Å². The lowest BCUT2D eigenvalue weighted by Crippen LogP contribution is -2.15. The van der Waals surface area contributed by atoms with E-state index in [-0.39, 0.29) is 10.0 Å². The van der Waals surface area contributed by atoms with Crippen LogP contribution < -0.4 is 4.72 Å². The Labute approximate surface area is 139 Å². The van der Waals surface area contributed by atoms with Crippen molar-refractivity contribution in [3.63, 3.8) is 0 Å². The second kappa shape index (κ2) is 5.75. The predicted octanol–water partition coefficient (Wildman–Crippen LogP) is 2.97. The zero-order chi connectivity index (χ0) is 16.6. The van der Waals surface area contributed by atoms with Crippen LogP contribution in [0.5, 0.6) is 0 Å². The first-order valence-corrected chi connectivity index (χ1v) is 8.70. The van der Waals surface area contributed by atoms with Gasteiger partial charge in [-0.3, -0.25) is 9.40 Å². The van der Waals surface area contributed by atoms with E-state index in [1.54, 1.807) is 26.1 Å². The van der Waals surface area contributed by atoms with Crippen molar-refractivity contribution >= 4 is 27.3 Å². The van der Waals surface area contributed by atoms with Crippen molar-refractivity contribution in [3.05, 3.63) is 59.6 Å². The number of sulfonamides is 1. The van der Waals surface area contributed by atoms with Crippen molar-refractivity contribution < 1.29 is 8.42 Å². The van der Waals surface area contributed by atoms with Crippen LogP contribution in [0.4, 0.5) is 5.69 Å². The summed E-state index contributed by atoms with van der Waals surface area (Å²) >= 11 is 6.08. The Morgan fingerprint density at radius 1 is 1.13 bits per heavy atom. The standard InChI is InChI=1S/C15H15ClN4O2S/c1-11-14(15(16)19(2)17-11)23(21,22)18-12-7-3-4-8-13(12)20-9-5-6-10-20/h3-10,18H,1-2H3. The Bertz CT molecular complexity index is 946. The molecule has 0 saturated heterocycles. The summed E-state index contributed by atoms with van der Waals surface area (Å²) < 4.78 is 31.2. The second-order valence-corrected chi connectivity index (χ2v) is 7.02. The van der Waals surface area contributed by atoms with Crippen molar-refractivity contribution in [1.82, 2.24) is 14.3 Å². The van der Waals surface area contributed by atoms with Gasteiger partial charge in [-0.05, 0) is 31.2 Å². The molecule has 0 spiro atoms. The van der Waals surface area contributed by atoms with Crippen LogP contribution in [0.15, 0.2) is 53.7 Å². The van der Waals surface area contributed by atoms with Crippen LogP contribution >= 0.6 is 11.6 Å². The van der Waals surface area contributed by atoms with Crippen molar-refractivity contribution in [2.45, 2.75) is 11.8 Å². The molecule has 0 amide bonds. The molecule has 0 unspecified atom stereocenters. The van der Waals surface area contributed by atoms with Gasteiger partial charge in [0.05, 0.1) is 17.1 Å². The molecule has 1 N–H and O–H groups in total. The maximum Gasteiger partial charge on any atom is 0.266 e. The molecule has 23 heavy (non-hydrogen) atoms. The fraction of sp³-hybridized carbons (Fsp3) is 0.133. The highest BCUT2D eigenvalue weighted by molar-refractivity contribution is 7.92. The summed E-state index contributed by atoms with van der Waals surface area (Å²) in [5, 5.41) is 4.13. The van der Waals surface area contributed by atoms with Gasteiger partial charge in [-0.2, -0.15) is 5.10 Å². The highest BCUT2D eigenvalue weighted by atomic mass is 35.5. The van der Waals surface area contributed by atoms with E-state index in [0.717, 1.165) is 5.69 Å². The number of nitrogens with zero attached hydrogens (tertiary/aromatic N) is 3. The summed E-state index contributed by atoms with van der Waals surface area (Å²) in [5.74, 6) is 0. The molecule has 0 fully saturated rings. The van der Waals surface area contributed by atoms with Gasteiger partial charge >= 0.3 is 0 Å². The Morgan fingerprint density at radius 3 is 2.39 bits per heavy atom. The molecule has 3 aromatic rings. The van der Waals surface area contributed by atoms with E-state index < -0.39 is 10.0 Å². The number of hydrogen-bond acceptors (Lipinski definition) is 3. The fourth-order valence-electron chi connectivity index (χ4n) is 2.39. The molecular weight excluding hydrogens is 336 g/mol. The third-order valence-corrected chi connectivity index (χ3v) is 5.46. The highest BCUT2D eigenvalue weighted by Crippen LogP contribution is 2.28. The molecule has 0 saturated carbocycles. The molecule has 0 aliphatic rings. The zero-order valence-electron chi connectivity index (χ0n) is 12.6. The number of aryl methyl sites for hydroxylation is 2. The van der Waals surface area contributed by atoms with E-state index in [4.69, 9.17) is 11.6 Å². The van der Waals surface area contributed by atoms with Crippen LogP contribution in [0.25, 0.3) is 5.69 Å². The van der Waals surface area contributed by atoms with Gasteiger partial charge < -0.3 is 4.57 Å². The summed E-state index contributed by atoms with van der Waals surface area (Å²) in [6.45, 7) is 1.61. The topological polar surface area (TPSA) is 68.9 Å². The number of halogens is 1. The minimum atomic E-state index is -3.85. The van der Waals surface area contributed by atoms with E-state index in [0.29, 0.717) is 11.4 Å². The molecule has 8 heteroatoms. The minimum absolute atomic E-state index is 0.0102. The average molecular weight is 351 g/mol. The van der Waals surface area contributed by atoms with Crippen LogP contribution in [0.1, 0.15) is 5.69 Å². The van der Waals surface area contributed by atoms with Gasteiger partial charge in [-0.15, -0.1) is 0 Å². The first-order valence-electron chi connectivity index (χ1n) is 6.84. The van der Waals surface area contributed by atoms with Gasteiger partial charge in [0.2, 0.25) is 0 Å². The van der Waals surface area contributed by atoms with Gasteiger partial charge in [0.15, 0.2) is 0 Å². The normalized spacial score (nSPS) is 11.6. The molecule has 2 aromatic heterocycles. The smallest absolute Gasteiger partial charge is 0.266 e. The van der Waals surface area contributed by atoms with E-state index >= 15 is 0 Å². The summed E-state index contributed by atoms with van der Waals surface area (Å²) in [6.07, 6.45) is 3.69. The van der Waals surface area contributed by atoms with E-state index in [1.165, 1.54) is 4.68 Å². The predicted molar refractivity (Wildman–Crippen MR) is 89.5 cm³/mol. The number of para-hydroxylation sites is 2. The summed E-state index contributed by atoms with van der Waals surface area (Å²) in [4.78, 5) is -0.0102. The molecule has 120 valence electrons. The number of nitrogens with one attached hydrogen (secondary N) is 1. The van der Waals surface area contributed by atoms with Gasteiger partial charge in [0, 0.05) is 19.4 Å². The van der Waals surface area contributed by atoms with E-state index in [9.17, 15) is 8.42 Å². The quantitative estimate of drug-likeness (QED) is 0.786. The summed E-state index contributed by atoms with van der Waals surface area (Å²) in [6, 6.07) is 10.9. The van der Waals surface area contributed by atoms with Crippen LogP contribution in [0.3, 0.4) is 0 Å². The SMILES string of the molecule is Cc1nn(C)c(Cl)c1S(=O)(=O)Nc1ccccc1-n1cccc1. The Kier molecular flexibility index (Phi) is 3.91. The van der Waals surface area contributed by atoms with Crippen molar-refractivity contribution in [2.75, 3.05) is 4.72 Å². The van der Waals surface area contributed by atoms with Crippen molar-refractivity contribution in [3.8, 4) is 5.69 Å². The number of hydrogen-bond donors (Lipinski definition) is 1. The molecule has 0 atom stereocenters. The van der Waals surface area contributed by atoms with Crippen LogP contribution in [-0.4, -0.2) is 22.8 Å². The van der Waals surface area contributed by atoms with Gasteiger partial charge in [-0.25, -0.2) is 8.42 Å². The average Bonchev–Trinajstić information content (AvgIpc) is 3.08. The Balaban J connectivity index is 2.06. The number of anilines is 1. The van der Waals surface area contributed by atoms with Crippen LogP contribution in [0.2, 0.25) is 5.15 Å².